The van der Waals surface area contributed by atoms with Crippen LogP contribution in [0.1, 0.15) is 24.2 Å². The van der Waals surface area contributed by atoms with Gasteiger partial charge in [0, 0.05) is 10.6 Å². The molecule has 4 heteroatoms. The van der Waals surface area contributed by atoms with Crippen molar-refractivity contribution in [3.05, 3.63) is 64.5 Å². The van der Waals surface area contributed by atoms with Crippen molar-refractivity contribution >= 4 is 17.9 Å². The van der Waals surface area contributed by atoms with E-state index in [9.17, 15) is 9.18 Å². The van der Waals surface area contributed by atoms with Crippen molar-refractivity contribution < 1.29 is 13.9 Å². The molecular weight excluding hydrogens is 279 g/mol. The molecule has 0 saturated heterocycles. The van der Waals surface area contributed by atoms with Crippen molar-refractivity contribution in [2.75, 3.05) is 6.61 Å². The molecule has 2 nitrogen and oxygen atoms in total. The topological polar surface area (TPSA) is 26.3 Å². The molecule has 0 radical (unpaired) electrons. The second kappa shape index (κ2) is 8.33. The number of ether oxygens (including phenoxy) is 1. The first-order chi connectivity index (χ1) is 9.56. The predicted molar refractivity (Wildman–Crippen MR) is 79.8 cm³/mol. The highest BCUT2D eigenvalue weighted by molar-refractivity contribution is 6.29. The van der Waals surface area contributed by atoms with Crippen LogP contribution in [-0.4, -0.2) is 12.9 Å². The van der Waals surface area contributed by atoms with Crippen LogP contribution < -0.4 is 4.74 Å². The summed E-state index contributed by atoms with van der Waals surface area (Å²) in [6.07, 6.45) is 7.85. The second-order valence-electron chi connectivity index (χ2n) is 4.09. The number of aldehydes is 1. The maximum Gasteiger partial charge on any atom is 0.165 e. The van der Waals surface area contributed by atoms with E-state index in [4.69, 9.17) is 16.3 Å². The molecule has 0 aliphatic carbocycles. The lowest BCUT2D eigenvalue weighted by atomic mass is 10.2. The molecule has 0 N–H and O–H groups in total. The van der Waals surface area contributed by atoms with E-state index in [-0.39, 0.29) is 17.9 Å². The highest BCUT2D eigenvalue weighted by Crippen LogP contribution is 2.18. The minimum Gasteiger partial charge on any atom is -0.486 e. The van der Waals surface area contributed by atoms with E-state index in [0.717, 1.165) is 11.6 Å². The SMILES string of the molecule is C\C=C/C(=C\C=C(/C)Cl)COc1ccc(C=O)cc1F. The molecule has 0 aliphatic rings. The summed E-state index contributed by atoms with van der Waals surface area (Å²) in [6.45, 7) is 3.86. The molecule has 0 amide bonds. The highest BCUT2D eigenvalue weighted by atomic mass is 35.5. The van der Waals surface area contributed by atoms with Gasteiger partial charge in [-0.1, -0.05) is 29.8 Å². The lowest BCUT2D eigenvalue weighted by molar-refractivity contribution is 0.112. The Bertz CT molecular complexity index is 556. The molecule has 106 valence electrons. The molecule has 0 spiro atoms. The maximum absolute atomic E-state index is 13.6. The van der Waals surface area contributed by atoms with Gasteiger partial charge < -0.3 is 4.74 Å². The van der Waals surface area contributed by atoms with E-state index in [2.05, 4.69) is 0 Å². The number of carbonyl (C=O) groups is 1. The lowest BCUT2D eigenvalue weighted by Gasteiger charge is -2.08. The lowest BCUT2D eigenvalue weighted by Crippen LogP contribution is -2.01. The molecular formula is C16H16ClFO2. The fraction of sp³-hybridized carbons (Fsp3) is 0.188. The summed E-state index contributed by atoms with van der Waals surface area (Å²) in [6, 6.07) is 4.09. The molecule has 0 saturated carbocycles. The van der Waals surface area contributed by atoms with Crippen molar-refractivity contribution in [3.63, 3.8) is 0 Å². The average molecular weight is 295 g/mol. The Balaban J connectivity index is 2.80. The van der Waals surface area contributed by atoms with Crippen LogP contribution in [0.15, 0.2) is 53.1 Å². The zero-order valence-corrected chi connectivity index (χ0v) is 12.2. The number of halogens is 2. The van der Waals surface area contributed by atoms with Gasteiger partial charge in [-0.2, -0.15) is 0 Å². The van der Waals surface area contributed by atoms with Crippen molar-refractivity contribution in [1.82, 2.24) is 0 Å². The third-order valence-corrected chi connectivity index (χ3v) is 2.52. The van der Waals surface area contributed by atoms with Crippen molar-refractivity contribution in [2.24, 2.45) is 0 Å². The Morgan fingerprint density at radius 1 is 1.40 bits per heavy atom. The van der Waals surface area contributed by atoms with Gasteiger partial charge in [0.05, 0.1) is 0 Å². The fourth-order valence-corrected chi connectivity index (χ4v) is 1.52. The summed E-state index contributed by atoms with van der Waals surface area (Å²) in [5, 5.41) is 0.647. The normalized spacial score (nSPS) is 12.8. The van der Waals surface area contributed by atoms with Gasteiger partial charge in [-0.05, 0) is 43.7 Å². The van der Waals surface area contributed by atoms with E-state index in [1.54, 1.807) is 19.1 Å². The Morgan fingerprint density at radius 3 is 2.70 bits per heavy atom. The van der Waals surface area contributed by atoms with Gasteiger partial charge in [-0.15, -0.1) is 0 Å². The molecule has 20 heavy (non-hydrogen) atoms. The van der Waals surface area contributed by atoms with Crippen LogP contribution >= 0.6 is 11.6 Å². The fourth-order valence-electron chi connectivity index (χ4n) is 1.46. The van der Waals surface area contributed by atoms with Gasteiger partial charge >= 0.3 is 0 Å². The summed E-state index contributed by atoms with van der Waals surface area (Å²) >= 11 is 5.76. The highest BCUT2D eigenvalue weighted by Gasteiger charge is 2.05. The zero-order valence-electron chi connectivity index (χ0n) is 11.4. The van der Waals surface area contributed by atoms with E-state index in [1.165, 1.54) is 12.1 Å². The number of carbonyl (C=O) groups excluding carboxylic acids is 1. The van der Waals surface area contributed by atoms with Crippen molar-refractivity contribution in [3.8, 4) is 5.75 Å². The molecule has 1 rings (SSSR count). The predicted octanol–water partition coefficient (Wildman–Crippen LogP) is 4.66. The van der Waals surface area contributed by atoms with Crippen LogP contribution in [0.4, 0.5) is 4.39 Å². The first-order valence-corrected chi connectivity index (χ1v) is 6.47. The standard InChI is InChI=1S/C16H16ClFO2/c1-3-4-13(6-5-12(2)17)11-20-16-8-7-14(10-19)9-15(16)18/h3-10H,11H2,1-2H3/b4-3-,12-5+,13-6+. The van der Waals surface area contributed by atoms with Crippen LogP contribution in [0.5, 0.6) is 5.75 Å². The van der Waals surface area contributed by atoms with Crippen LogP contribution in [0.2, 0.25) is 0 Å². The Labute approximate surface area is 123 Å². The molecule has 0 fully saturated rings. The number of hydrogen-bond acceptors (Lipinski definition) is 2. The van der Waals surface area contributed by atoms with Crippen LogP contribution in [-0.2, 0) is 0 Å². The van der Waals surface area contributed by atoms with Crippen molar-refractivity contribution in [2.45, 2.75) is 13.8 Å². The first kappa shape index (κ1) is 16.2. The summed E-state index contributed by atoms with van der Waals surface area (Å²) in [5.41, 5.74) is 1.13. The molecule has 0 atom stereocenters. The summed E-state index contributed by atoms with van der Waals surface area (Å²) in [4.78, 5) is 10.5. The number of allylic oxidation sites excluding steroid dienone is 4. The average Bonchev–Trinajstić information content (AvgIpc) is 2.42. The summed E-state index contributed by atoms with van der Waals surface area (Å²) in [5.74, 6) is -0.448. The van der Waals surface area contributed by atoms with E-state index < -0.39 is 5.82 Å². The molecule has 0 heterocycles. The van der Waals surface area contributed by atoms with Crippen molar-refractivity contribution in [1.29, 1.82) is 0 Å². The van der Waals surface area contributed by atoms with Crippen LogP contribution in [0.3, 0.4) is 0 Å². The minimum absolute atomic E-state index is 0.109. The number of rotatable bonds is 6. The monoisotopic (exact) mass is 294 g/mol. The largest absolute Gasteiger partial charge is 0.486 e. The Kier molecular flexibility index (Phi) is 6.74. The molecule has 0 bridgehead atoms. The molecule has 0 unspecified atom stereocenters. The third kappa shape index (κ3) is 5.41. The van der Waals surface area contributed by atoms with Gasteiger partial charge in [0.2, 0.25) is 0 Å². The van der Waals surface area contributed by atoms with Gasteiger partial charge in [0.1, 0.15) is 12.9 Å². The summed E-state index contributed by atoms with van der Waals surface area (Å²) in [7, 11) is 0. The minimum atomic E-state index is -0.557. The molecule has 0 aromatic heterocycles. The van der Waals surface area contributed by atoms with Crippen LogP contribution in [0, 0.1) is 5.82 Å². The zero-order chi connectivity index (χ0) is 15.0. The summed E-state index contributed by atoms with van der Waals surface area (Å²) < 4.78 is 19.0. The second-order valence-corrected chi connectivity index (χ2v) is 4.69. The van der Waals surface area contributed by atoms with Gasteiger partial charge in [-0.3, -0.25) is 4.79 Å². The van der Waals surface area contributed by atoms with Gasteiger partial charge in [0.25, 0.3) is 0 Å². The van der Waals surface area contributed by atoms with E-state index >= 15 is 0 Å². The first-order valence-electron chi connectivity index (χ1n) is 6.10. The maximum atomic E-state index is 13.6. The number of hydrogen-bond donors (Lipinski definition) is 0. The Morgan fingerprint density at radius 2 is 2.15 bits per heavy atom. The number of benzene rings is 1. The van der Waals surface area contributed by atoms with Gasteiger partial charge in [-0.25, -0.2) is 4.39 Å². The molecule has 0 aliphatic heterocycles. The smallest absolute Gasteiger partial charge is 0.165 e. The third-order valence-electron chi connectivity index (χ3n) is 2.39. The van der Waals surface area contributed by atoms with E-state index in [0.29, 0.717) is 11.3 Å². The van der Waals surface area contributed by atoms with Gasteiger partial charge in [0.15, 0.2) is 11.6 Å². The van der Waals surface area contributed by atoms with E-state index in [1.807, 2.05) is 19.1 Å². The quantitative estimate of drug-likeness (QED) is 0.563. The molecule has 1 aromatic carbocycles. The molecule has 1 aromatic rings. The van der Waals surface area contributed by atoms with Crippen LogP contribution in [0.25, 0.3) is 0 Å². The Hall–Kier alpha value is -1.87.